The number of H-pyrrole nitrogens is 1. The number of carbonyl (C=O) groups is 1. The van der Waals surface area contributed by atoms with Crippen molar-refractivity contribution in [1.82, 2.24) is 34.8 Å². The van der Waals surface area contributed by atoms with E-state index in [4.69, 9.17) is 0 Å². The summed E-state index contributed by atoms with van der Waals surface area (Å²) < 4.78 is 28.5. The molecule has 0 atom stereocenters. The lowest BCUT2D eigenvalue weighted by molar-refractivity contribution is -0.0494. The van der Waals surface area contributed by atoms with Gasteiger partial charge in [-0.05, 0) is 24.6 Å². The highest BCUT2D eigenvalue weighted by Crippen LogP contribution is 2.29. The molecule has 0 saturated carbocycles. The number of carbonyl (C=O) groups excluding carboxylic acids is 1. The number of hydrogen-bond donors (Lipinski definition) is 1. The van der Waals surface area contributed by atoms with Crippen molar-refractivity contribution < 1.29 is 13.6 Å². The van der Waals surface area contributed by atoms with Gasteiger partial charge in [-0.2, -0.15) is 10.2 Å². The number of nitrogens with zero attached hydrogens (tertiary/aromatic N) is 6. The number of aromatic nitrogens is 6. The zero-order valence-electron chi connectivity index (χ0n) is 16.7. The van der Waals surface area contributed by atoms with Crippen LogP contribution in [0.5, 0.6) is 0 Å². The molecular weight excluding hydrogens is 404 g/mol. The SMILES string of the molecule is Cc1ccc(-c2ncn[nH]2)cc1-n1ncc2cc(C(=O)N3CCC(F)(F)CC3)cnc21. The Morgan fingerprint density at radius 2 is 1.94 bits per heavy atom. The fourth-order valence-corrected chi connectivity index (χ4v) is 3.76. The van der Waals surface area contributed by atoms with Crippen molar-refractivity contribution in [3.8, 4) is 17.1 Å². The number of halogens is 2. The molecule has 0 spiro atoms. The summed E-state index contributed by atoms with van der Waals surface area (Å²) in [5.41, 5.74) is 3.64. The largest absolute Gasteiger partial charge is 0.338 e. The minimum atomic E-state index is -2.70. The van der Waals surface area contributed by atoms with Crippen molar-refractivity contribution in [2.75, 3.05) is 13.1 Å². The van der Waals surface area contributed by atoms with E-state index in [0.717, 1.165) is 16.8 Å². The van der Waals surface area contributed by atoms with Crippen LogP contribution in [0.3, 0.4) is 0 Å². The number of aryl methyl sites for hydroxylation is 1. The van der Waals surface area contributed by atoms with Crippen LogP contribution < -0.4 is 0 Å². The van der Waals surface area contributed by atoms with Crippen LogP contribution in [0.4, 0.5) is 8.78 Å². The maximum Gasteiger partial charge on any atom is 0.255 e. The summed E-state index contributed by atoms with van der Waals surface area (Å²) in [5, 5.41) is 11.9. The second-order valence-corrected chi connectivity index (χ2v) is 7.68. The predicted molar refractivity (Wildman–Crippen MR) is 109 cm³/mol. The fraction of sp³-hybridized carbons (Fsp3) is 0.286. The number of nitrogens with one attached hydrogen (secondary N) is 1. The Morgan fingerprint density at radius 1 is 1.13 bits per heavy atom. The molecule has 158 valence electrons. The predicted octanol–water partition coefficient (Wildman–Crippen LogP) is 3.39. The lowest BCUT2D eigenvalue weighted by Crippen LogP contribution is -2.42. The van der Waals surface area contributed by atoms with E-state index >= 15 is 0 Å². The van der Waals surface area contributed by atoms with Crippen molar-refractivity contribution in [3.05, 3.63) is 54.1 Å². The summed E-state index contributed by atoms with van der Waals surface area (Å²) in [6.07, 6.45) is 3.94. The number of benzene rings is 1. The van der Waals surface area contributed by atoms with Crippen LogP contribution in [0.25, 0.3) is 28.1 Å². The van der Waals surface area contributed by atoms with Gasteiger partial charge in [0.15, 0.2) is 11.5 Å². The maximum absolute atomic E-state index is 13.4. The minimum Gasteiger partial charge on any atom is -0.338 e. The molecule has 1 amide bonds. The lowest BCUT2D eigenvalue weighted by Gasteiger charge is -2.31. The highest BCUT2D eigenvalue weighted by atomic mass is 19.3. The van der Waals surface area contributed by atoms with Crippen molar-refractivity contribution in [2.24, 2.45) is 0 Å². The second-order valence-electron chi connectivity index (χ2n) is 7.68. The molecule has 3 aromatic heterocycles. The van der Waals surface area contributed by atoms with Crippen LogP contribution in [0.1, 0.15) is 28.8 Å². The monoisotopic (exact) mass is 423 g/mol. The average Bonchev–Trinajstić information content (AvgIpc) is 3.43. The van der Waals surface area contributed by atoms with Crippen LogP contribution in [0, 0.1) is 6.92 Å². The summed E-state index contributed by atoms with van der Waals surface area (Å²) in [4.78, 5) is 22.9. The normalized spacial score (nSPS) is 16.0. The van der Waals surface area contributed by atoms with Gasteiger partial charge in [-0.15, -0.1) is 0 Å². The topological polar surface area (TPSA) is 92.6 Å². The van der Waals surface area contributed by atoms with Crippen molar-refractivity contribution >= 4 is 16.9 Å². The lowest BCUT2D eigenvalue weighted by atomic mass is 10.1. The van der Waals surface area contributed by atoms with Gasteiger partial charge in [-0.1, -0.05) is 12.1 Å². The molecule has 1 aliphatic rings. The first kappa shape index (κ1) is 19.3. The number of fused-ring (bicyclic) bond motifs is 1. The number of aromatic amines is 1. The summed E-state index contributed by atoms with van der Waals surface area (Å²) in [5.74, 6) is -2.34. The third kappa shape index (κ3) is 3.54. The Hall–Kier alpha value is -3.69. The summed E-state index contributed by atoms with van der Waals surface area (Å²) in [6, 6.07) is 7.55. The third-order valence-electron chi connectivity index (χ3n) is 5.56. The standard InChI is InChI=1S/C21H19F2N7O/c1-13-2-3-14(18-25-12-26-28-18)9-17(13)30-19-15(11-27-30)8-16(10-24-19)20(31)29-6-4-21(22,23)5-7-29/h2-3,8-12H,4-7H2,1H3,(H,25,26,28). The molecule has 4 heterocycles. The van der Waals surface area contributed by atoms with Gasteiger partial charge in [0.2, 0.25) is 0 Å². The van der Waals surface area contributed by atoms with Gasteiger partial charge in [0.25, 0.3) is 11.8 Å². The molecule has 1 N–H and O–H groups in total. The number of hydrogen-bond acceptors (Lipinski definition) is 5. The van der Waals surface area contributed by atoms with E-state index in [0.29, 0.717) is 22.4 Å². The number of rotatable bonds is 3. The molecule has 0 bridgehead atoms. The van der Waals surface area contributed by atoms with Gasteiger partial charge in [0.1, 0.15) is 6.33 Å². The van der Waals surface area contributed by atoms with E-state index in [9.17, 15) is 13.6 Å². The van der Waals surface area contributed by atoms with Crippen molar-refractivity contribution in [3.63, 3.8) is 0 Å². The molecule has 1 saturated heterocycles. The zero-order valence-corrected chi connectivity index (χ0v) is 16.7. The van der Waals surface area contributed by atoms with Gasteiger partial charge in [0.05, 0.1) is 17.4 Å². The van der Waals surface area contributed by atoms with E-state index in [2.05, 4.69) is 25.3 Å². The van der Waals surface area contributed by atoms with Crippen LogP contribution >= 0.6 is 0 Å². The molecule has 10 heteroatoms. The van der Waals surface area contributed by atoms with E-state index < -0.39 is 5.92 Å². The van der Waals surface area contributed by atoms with E-state index in [1.54, 1.807) is 16.9 Å². The summed E-state index contributed by atoms with van der Waals surface area (Å²) >= 11 is 0. The highest BCUT2D eigenvalue weighted by Gasteiger charge is 2.35. The van der Waals surface area contributed by atoms with E-state index in [1.807, 2.05) is 25.1 Å². The van der Waals surface area contributed by atoms with Gasteiger partial charge in [0, 0.05) is 43.1 Å². The second kappa shape index (κ2) is 7.22. The van der Waals surface area contributed by atoms with Gasteiger partial charge >= 0.3 is 0 Å². The van der Waals surface area contributed by atoms with Crippen LogP contribution in [-0.4, -0.2) is 59.8 Å². The van der Waals surface area contributed by atoms with Crippen molar-refractivity contribution in [1.29, 1.82) is 0 Å². The molecule has 31 heavy (non-hydrogen) atoms. The van der Waals surface area contributed by atoms with Crippen LogP contribution in [0.15, 0.2) is 43.0 Å². The van der Waals surface area contributed by atoms with Gasteiger partial charge in [-0.25, -0.2) is 23.4 Å². The van der Waals surface area contributed by atoms with Crippen LogP contribution in [0.2, 0.25) is 0 Å². The molecule has 1 aliphatic heterocycles. The Morgan fingerprint density at radius 3 is 2.68 bits per heavy atom. The first-order valence-corrected chi connectivity index (χ1v) is 9.89. The summed E-state index contributed by atoms with van der Waals surface area (Å²) in [7, 11) is 0. The molecule has 0 radical (unpaired) electrons. The smallest absolute Gasteiger partial charge is 0.255 e. The number of pyridine rings is 1. The first-order chi connectivity index (χ1) is 14.9. The highest BCUT2D eigenvalue weighted by molar-refractivity contribution is 5.97. The number of likely N-dealkylation sites (tertiary alicyclic amines) is 1. The molecule has 4 aromatic rings. The number of amides is 1. The minimum absolute atomic E-state index is 0.0384. The fourth-order valence-electron chi connectivity index (χ4n) is 3.76. The Bertz CT molecular complexity index is 1260. The maximum atomic E-state index is 13.4. The Kier molecular flexibility index (Phi) is 4.49. The molecule has 0 aliphatic carbocycles. The van der Waals surface area contributed by atoms with Gasteiger partial charge in [-0.3, -0.25) is 9.89 Å². The van der Waals surface area contributed by atoms with Gasteiger partial charge < -0.3 is 4.90 Å². The number of alkyl halides is 2. The molecule has 1 fully saturated rings. The third-order valence-corrected chi connectivity index (χ3v) is 5.56. The van der Waals surface area contributed by atoms with E-state index in [-0.39, 0.29) is 31.8 Å². The average molecular weight is 423 g/mol. The Labute approximate surface area is 175 Å². The molecule has 1 aromatic carbocycles. The molecule has 0 unspecified atom stereocenters. The summed E-state index contributed by atoms with van der Waals surface area (Å²) in [6.45, 7) is 2.05. The first-order valence-electron chi connectivity index (χ1n) is 9.89. The number of piperidine rings is 1. The van der Waals surface area contributed by atoms with Crippen LogP contribution in [-0.2, 0) is 0 Å². The molecular formula is C21H19F2N7O. The molecule has 8 nitrogen and oxygen atoms in total. The zero-order chi connectivity index (χ0) is 21.6. The molecule has 5 rings (SSSR count). The Balaban J connectivity index is 1.47. The van der Waals surface area contributed by atoms with Crippen molar-refractivity contribution in [2.45, 2.75) is 25.7 Å². The van der Waals surface area contributed by atoms with E-state index in [1.165, 1.54) is 17.4 Å². The quantitative estimate of drug-likeness (QED) is 0.545.